The molecule has 2 N–H and O–H groups in total. The van der Waals surface area contributed by atoms with Gasteiger partial charge in [-0.3, -0.25) is 4.79 Å². The molecule has 0 amide bonds. The van der Waals surface area contributed by atoms with Gasteiger partial charge in [-0.05, 0) is 49.9 Å². The number of esters is 1. The molecule has 17 heavy (non-hydrogen) atoms. The third kappa shape index (κ3) is 3.98. The molecule has 2 aliphatic rings. The van der Waals surface area contributed by atoms with Gasteiger partial charge in [0.15, 0.2) is 0 Å². The maximum atomic E-state index is 11.7. The van der Waals surface area contributed by atoms with Crippen LogP contribution in [0.15, 0.2) is 0 Å². The van der Waals surface area contributed by atoms with Crippen LogP contribution in [0.4, 0.5) is 0 Å². The second-order valence-corrected chi connectivity index (χ2v) is 6.56. The molecule has 3 nitrogen and oxygen atoms in total. The monoisotopic (exact) mass is 239 g/mol. The lowest BCUT2D eigenvalue weighted by Gasteiger charge is -2.34. The minimum Gasteiger partial charge on any atom is -0.462 e. The second-order valence-electron chi connectivity index (χ2n) is 6.56. The van der Waals surface area contributed by atoms with Crippen molar-refractivity contribution in [2.45, 2.75) is 70.9 Å². The molecule has 0 saturated heterocycles. The van der Waals surface area contributed by atoms with Crippen molar-refractivity contribution in [2.24, 2.45) is 17.1 Å². The van der Waals surface area contributed by atoms with Gasteiger partial charge in [0.05, 0.1) is 6.42 Å². The van der Waals surface area contributed by atoms with E-state index in [0.29, 0.717) is 17.8 Å². The van der Waals surface area contributed by atoms with Crippen LogP contribution in [0.2, 0.25) is 0 Å². The van der Waals surface area contributed by atoms with E-state index in [4.69, 9.17) is 10.5 Å². The Morgan fingerprint density at radius 1 is 1.29 bits per heavy atom. The first-order chi connectivity index (χ1) is 7.96. The van der Waals surface area contributed by atoms with Crippen LogP contribution < -0.4 is 5.73 Å². The molecule has 0 aliphatic heterocycles. The van der Waals surface area contributed by atoms with Crippen LogP contribution in [0.3, 0.4) is 0 Å². The Hall–Kier alpha value is -0.570. The zero-order valence-electron chi connectivity index (χ0n) is 11.1. The molecule has 0 aromatic rings. The maximum absolute atomic E-state index is 11.7. The van der Waals surface area contributed by atoms with Crippen LogP contribution in [0.5, 0.6) is 0 Å². The van der Waals surface area contributed by atoms with Crippen LogP contribution in [0.25, 0.3) is 0 Å². The molecule has 2 saturated carbocycles. The van der Waals surface area contributed by atoms with Crippen LogP contribution in [-0.2, 0) is 9.53 Å². The molecule has 0 aromatic carbocycles. The summed E-state index contributed by atoms with van der Waals surface area (Å²) in [5.41, 5.74) is 6.35. The number of ether oxygens (including phenoxy) is 1. The minimum atomic E-state index is -0.0888. The highest BCUT2D eigenvalue weighted by molar-refractivity contribution is 5.70. The van der Waals surface area contributed by atoms with Crippen molar-refractivity contribution in [3.8, 4) is 0 Å². The summed E-state index contributed by atoms with van der Waals surface area (Å²) in [5, 5.41) is 0. The molecular weight excluding hydrogens is 214 g/mol. The number of hydrogen-bond donors (Lipinski definition) is 1. The number of rotatable bonds is 4. The largest absolute Gasteiger partial charge is 0.462 e. The quantitative estimate of drug-likeness (QED) is 0.767. The van der Waals surface area contributed by atoms with Crippen molar-refractivity contribution in [2.75, 3.05) is 0 Å². The van der Waals surface area contributed by atoms with E-state index in [-0.39, 0.29) is 18.1 Å². The fourth-order valence-electron chi connectivity index (χ4n) is 2.61. The molecule has 2 aliphatic carbocycles. The van der Waals surface area contributed by atoms with Gasteiger partial charge < -0.3 is 10.5 Å². The van der Waals surface area contributed by atoms with E-state index in [1.807, 2.05) is 0 Å². The average molecular weight is 239 g/mol. The second kappa shape index (κ2) is 4.97. The van der Waals surface area contributed by atoms with Crippen molar-refractivity contribution in [1.29, 1.82) is 0 Å². The zero-order valence-corrected chi connectivity index (χ0v) is 11.1. The van der Waals surface area contributed by atoms with E-state index in [1.165, 1.54) is 12.8 Å². The summed E-state index contributed by atoms with van der Waals surface area (Å²) in [6, 6.07) is 0.0301. The standard InChI is InChI=1S/C14H25NO2/c1-14(2)7-5-11(6-8-14)17-13(16)9-12(15)10-3-4-10/h10-12H,3-9,15H2,1-2H3. The van der Waals surface area contributed by atoms with Gasteiger partial charge in [0.25, 0.3) is 0 Å². The summed E-state index contributed by atoms with van der Waals surface area (Å²) >= 11 is 0. The molecule has 1 atom stereocenters. The predicted octanol–water partition coefficient (Wildman–Crippen LogP) is 2.63. The van der Waals surface area contributed by atoms with Crippen molar-refractivity contribution in [3.63, 3.8) is 0 Å². The highest BCUT2D eigenvalue weighted by Crippen LogP contribution is 2.37. The Morgan fingerprint density at radius 3 is 2.41 bits per heavy atom. The van der Waals surface area contributed by atoms with Gasteiger partial charge in [0, 0.05) is 6.04 Å². The summed E-state index contributed by atoms with van der Waals surface area (Å²) < 4.78 is 5.51. The Balaban J connectivity index is 1.68. The Morgan fingerprint density at radius 2 is 1.88 bits per heavy atom. The highest BCUT2D eigenvalue weighted by Gasteiger charge is 2.32. The lowest BCUT2D eigenvalue weighted by Crippen LogP contribution is -2.32. The lowest BCUT2D eigenvalue weighted by molar-refractivity contribution is -0.152. The lowest BCUT2D eigenvalue weighted by atomic mass is 9.76. The zero-order chi connectivity index (χ0) is 12.5. The SMILES string of the molecule is CC1(C)CCC(OC(=O)CC(N)C2CC2)CC1. The van der Waals surface area contributed by atoms with Crippen molar-refractivity contribution < 1.29 is 9.53 Å². The van der Waals surface area contributed by atoms with Gasteiger partial charge in [-0.2, -0.15) is 0 Å². The van der Waals surface area contributed by atoms with Gasteiger partial charge in [0.2, 0.25) is 0 Å². The summed E-state index contributed by atoms with van der Waals surface area (Å²) in [6.07, 6.45) is 7.25. The normalized spacial score (nSPS) is 26.5. The van der Waals surface area contributed by atoms with Crippen LogP contribution in [0, 0.1) is 11.3 Å². The number of carbonyl (C=O) groups is 1. The van der Waals surface area contributed by atoms with E-state index in [2.05, 4.69) is 13.8 Å². The van der Waals surface area contributed by atoms with Gasteiger partial charge in [-0.1, -0.05) is 13.8 Å². The fraction of sp³-hybridized carbons (Fsp3) is 0.929. The van der Waals surface area contributed by atoms with Crippen molar-refractivity contribution in [3.05, 3.63) is 0 Å². The van der Waals surface area contributed by atoms with Crippen molar-refractivity contribution >= 4 is 5.97 Å². The molecule has 0 heterocycles. The van der Waals surface area contributed by atoms with Crippen LogP contribution in [-0.4, -0.2) is 18.1 Å². The van der Waals surface area contributed by atoms with Crippen LogP contribution in [0.1, 0.15) is 58.8 Å². The molecule has 2 fully saturated rings. The smallest absolute Gasteiger partial charge is 0.307 e. The summed E-state index contributed by atoms with van der Waals surface area (Å²) in [5.74, 6) is 0.488. The third-order valence-electron chi connectivity index (χ3n) is 4.21. The summed E-state index contributed by atoms with van der Waals surface area (Å²) in [7, 11) is 0. The average Bonchev–Trinajstić information content (AvgIpc) is 3.04. The fourth-order valence-corrected chi connectivity index (χ4v) is 2.61. The molecule has 0 spiro atoms. The molecule has 1 unspecified atom stereocenters. The molecule has 2 rings (SSSR count). The van der Waals surface area contributed by atoms with Crippen LogP contribution >= 0.6 is 0 Å². The predicted molar refractivity (Wildman–Crippen MR) is 67.4 cm³/mol. The van der Waals surface area contributed by atoms with Gasteiger partial charge >= 0.3 is 5.97 Å². The molecule has 98 valence electrons. The van der Waals surface area contributed by atoms with E-state index >= 15 is 0 Å². The Kier molecular flexibility index (Phi) is 3.76. The summed E-state index contributed by atoms with van der Waals surface area (Å²) in [4.78, 5) is 11.7. The first-order valence-electron chi connectivity index (χ1n) is 6.91. The molecular formula is C14H25NO2. The number of nitrogens with two attached hydrogens (primary N) is 1. The topological polar surface area (TPSA) is 52.3 Å². The van der Waals surface area contributed by atoms with Gasteiger partial charge in [-0.15, -0.1) is 0 Å². The van der Waals surface area contributed by atoms with E-state index in [0.717, 1.165) is 25.7 Å². The van der Waals surface area contributed by atoms with Gasteiger partial charge in [-0.25, -0.2) is 0 Å². The number of hydrogen-bond acceptors (Lipinski definition) is 3. The Labute approximate surface area is 104 Å². The summed E-state index contributed by atoms with van der Waals surface area (Å²) in [6.45, 7) is 4.57. The van der Waals surface area contributed by atoms with E-state index in [9.17, 15) is 4.79 Å². The third-order valence-corrected chi connectivity index (χ3v) is 4.21. The molecule has 0 bridgehead atoms. The number of carbonyl (C=O) groups excluding carboxylic acids is 1. The first kappa shape index (κ1) is 12.9. The maximum Gasteiger partial charge on any atom is 0.307 e. The van der Waals surface area contributed by atoms with Gasteiger partial charge in [0.1, 0.15) is 6.10 Å². The first-order valence-corrected chi connectivity index (χ1v) is 6.91. The van der Waals surface area contributed by atoms with Crippen molar-refractivity contribution in [1.82, 2.24) is 0 Å². The Bertz CT molecular complexity index is 274. The minimum absolute atomic E-state index is 0.0301. The molecule has 0 aromatic heterocycles. The highest BCUT2D eigenvalue weighted by atomic mass is 16.5. The van der Waals surface area contributed by atoms with E-state index in [1.54, 1.807) is 0 Å². The molecule has 3 heteroatoms. The van der Waals surface area contributed by atoms with E-state index < -0.39 is 0 Å². The molecule has 0 radical (unpaired) electrons.